The van der Waals surface area contributed by atoms with Gasteiger partial charge >= 0.3 is 6.61 Å². The van der Waals surface area contributed by atoms with E-state index in [9.17, 15) is 8.78 Å². The molecule has 0 aromatic heterocycles. The summed E-state index contributed by atoms with van der Waals surface area (Å²) in [7, 11) is 0. The average Bonchev–Trinajstić information content (AvgIpc) is 2.36. The van der Waals surface area contributed by atoms with E-state index < -0.39 is 6.61 Å². The van der Waals surface area contributed by atoms with Crippen LogP contribution in [0.3, 0.4) is 0 Å². The first-order chi connectivity index (χ1) is 9.45. The van der Waals surface area contributed by atoms with Crippen LogP contribution >= 0.6 is 27.5 Å². The van der Waals surface area contributed by atoms with Gasteiger partial charge in [0, 0.05) is 17.1 Å². The maximum absolute atomic E-state index is 12.5. The highest BCUT2D eigenvalue weighted by atomic mass is 79.9. The summed E-state index contributed by atoms with van der Waals surface area (Å²) < 4.78 is 30.0. The van der Waals surface area contributed by atoms with Crippen molar-refractivity contribution < 1.29 is 13.5 Å². The van der Waals surface area contributed by atoms with E-state index in [2.05, 4.69) is 26.0 Å². The lowest BCUT2D eigenvalue weighted by molar-refractivity contribution is -0.0499. The molecule has 0 spiro atoms. The Kier molecular flexibility index (Phi) is 5.46. The van der Waals surface area contributed by atoms with Crippen LogP contribution < -0.4 is 15.8 Å². The third-order valence-corrected chi connectivity index (χ3v) is 4.15. The predicted molar refractivity (Wildman–Crippen MR) is 79.6 cm³/mol. The predicted octanol–water partition coefficient (Wildman–Crippen LogP) is 4.39. The maximum atomic E-state index is 12.5. The van der Waals surface area contributed by atoms with Crippen molar-refractivity contribution in [2.75, 3.05) is 5.32 Å². The molecule has 1 saturated carbocycles. The molecule has 0 aliphatic heterocycles. The molecule has 0 radical (unpaired) electrons. The second kappa shape index (κ2) is 6.91. The van der Waals surface area contributed by atoms with Gasteiger partial charge in [-0.25, -0.2) is 0 Å². The molecule has 3 nitrogen and oxygen atoms in total. The van der Waals surface area contributed by atoms with E-state index in [-0.39, 0.29) is 17.8 Å². The van der Waals surface area contributed by atoms with Gasteiger partial charge in [0.25, 0.3) is 0 Å². The molecular formula is C13H16BrClF2N2O. The summed E-state index contributed by atoms with van der Waals surface area (Å²) in [5.41, 5.74) is 6.33. The zero-order valence-corrected chi connectivity index (χ0v) is 13.1. The van der Waals surface area contributed by atoms with Crippen LogP contribution in [0.25, 0.3) is 0 Å². The molecule has 1 aromatic rings. The minimum atomic E-state index is -2.88. The molecule has 0 unspecified atom stereocenters. The highest BCUT2D eigenvalue weighted by molar-refractivity contribution is 9.10. The lowest BCUT2D eigenvalue weighted by atomic mass is 9.91. The van der Waals surface area contributed by atoms with Gasteiger partial charge in [0.2, 0.25) is 0 Å². The summed E-state index contributed by atoms with van der Waals surface area (Å²) in [6.07, 6.45) is 3.65. The monoisotopic (exact) mass is 368 g/mol. The van der Waals surface area contributed by atoms with E-state index in [0.717, 1.165) is 25.7 Å². The van der Waals surface area contributed by atoms with Gasteiger partial charge in [-0.1, -0.05) is 11.6 Å². The summed E-state index contributed by atoms with van der Waals surface area (Å²) in [6.45, 7) is -2.88. The Bertz CT molecular complexity index is 468. The van der Waals surface area contributed by atoms with Crippen molar-refractivity contribution in [3.8, 4) is 5.75 Å². The summed E-state index contributed by atoms with van der Waals surface area (Å²) in [6, 6.07) is 3.55. The van der Waals surface area contributed by atoms with E-state index in [0.29, 0.717) is 15.2 Å². The first-order valence-electron chi connectivity index (χ1n) is 6.41. The third-order valence-electron chi connectivity index (χ3n) is 3.35. The maximum Gasteiger partial charge on any atom is 0.387 e. The molecular weight excluding hydrogens is 354 g/mol. The fourth-order valence-electron chi connectivity index (χ4n) is 2.36. The fourth-order valence-corrected chi connectivity index (χ4v) is 3.26. The number of nitrogens with one attached hydrogen (secondary N) is 1. The molecule has 1 aromatic carbocycles. The Morgan fingerprint density at radius 1 is 1.30 bits per heavy atom. The van der Waals surface area contributed by atoms with Crippen molar-refractivity contribution in [1.82, 2.24) is 0 Å². The molecule has 20 heavy (non-hydrogen) atoms. The summed E-state index contributed by atoms with van der Waals surface area (Å²) in [5.74, 6) is 0.0827. The van der Waals surface area contributed by atoms with Crippen LogP contribution in [0.5, 0.6) is 5.75 Å². The number of hydrogen-bond donors (Lipinski definition) is 2. The van der Waals surface area contributed by atoms with Crippen LogP contribution in [-0.2, 0) is 0 Å². The van der Waals surface area contributed by atoms with Crippen molar-refractivity contribution in [3.05, 3.63) is 21.6 Å². The van der Waals surface area contributed by atoms with Gasteiger partial charge in [0.1, 0.15) is 0 Å². The highest BCUT2D eigenvalue weighted by Crippen LogP contribution is 2.38. The molecule has 1 aliphatic carbocycles. The molecule has 7 heteroatoms. The number of rotatable bonds is 4. The van der Waals surface area contributed by atoms with E-state index in [1.807, 2.05) is 0 Å². The van der Waals surface area contributed by atoms with Crippen LogP contribution in [0.2, 0.25) is 5.02 Å². The van der Waals surface area contributed by atoms with Gasteiger partial charge in [-0.2, -0.15) is 8.78 Å². The minimum Gasteiger partial charge on any atom is -0.431 e. The normalized spacial score (nSPS) is 22.9. The smallest absolute Gasteiger partial charge is 0.387 e. The Balaban J connectivity index is 2.16. The number of alkyl halides is 2. The minimum absolute atomic E-state index is 0.0827. The summed E-state index contributed by atoms with van der Waals surface area (Å²) in [5, 5.41) is 3.68. The first-order valence-corrected chi connectivity index (χ1v) is 7.58. The van der Waals surface area contributed by atoms with Gasteiger partial charge in [-0.05, 0) is 53.7 Å². The van der Waals surface area contributed by atoms with Crippen molar-refractivity contribution in [2.24, 2.45) is 5.73 Å². The Morgan fingerprint density at radius 3 is 2.55 bits per heavy atom. The zero-order valence-electron chi connectivity index (χ0n) is 10.7. The van der Waals surface area contributed by atoms with Crippen LogP contribution in [0.4, 0.5) is 14.5 Å². The molecule has 1 fully saturated rings. The Morgan fingerprint density at radius 2 is 1.95 bits per heavy atom. The molecule has 0 heterocycles. The third kappa shape index (κ3) is 4.20. The van der Waals surface area contributed by atoms with Crippen molar-refractivity contribution >= 4 is 33.2 Å². The van der Waals surface area contributed by atoms with E-state index in [4.69, 9.17) is 17.3 Å². The van der Waals surface area contributed by atoms with Crippen LogP contribution in [0.1, 0.15) is 25.7 Å². The first kappa shape index (κ1) is 15.8. The Labute approximate surface area is 129 Å². The number of benzene rings is 1. The van der Waals surface area contributed by atoms with Gasteiger partial charge in [0.05, 0.1) is 10.2 Å². The Hall–Kier alpha value is -0.590. The number of hydrogen-bond acceptors (Lipinski definition) is 3. The molecule has 1 aliphatic rings. The quantitative estimate of drug-likeness (QED) is 0.827. The van der Waals surface area contributed by atoms with Crippen molar-refractivity contribution in [2.45, 2.75) is 44.4 Å². The van der Waals surface area contributed by atoms with Gasteiger partial charge in [-0.15, -0.1) is 0 Å². The molecule has 0 bridgehead atoms. The summed E-state index contributed by atoms with van der Waals surface area (Å²) >= 11 is 9.16. The SMILES string of the molecule is NC1CCC(Nc2cc(Cl)cc(Br)c2OC(F)F)CC1. The second-order valence-corrected chi connectivity index (χ2v) is 6.19. The fraction of sp³-hybridized carbons (Fsp3) is 0.538. The molecule has 3 N–H and O–H groups in total. The number of halogens is 4. The van der Waals surface area contributed by atoms with E-state index >= 15 is 0 Å². The largest absolute Gasteiger partial charge is 0.431 e. The van der Waals surface area contributed by atoms with Gasteiger partial charge in [-0.3, -0.25) is 0 Å². The molecule has 0 saturated heterocycles. The van der Waals surface area contributed by atoms with Gasteiger partial charge < -0.3 is 15.8 Å². The van der Waals surface area contributed by atoms with E-state index in [1.54, 1.807) is 6.07 Å². The van der Waals surface area contributed by atoms with Crippen LogP contribution in [-0.4, -0.2) is 18.7 Å². The van der Waals surface area contributed by atoms with Crippen LogP contribution in [0, 0.1) is 0 Å². The van der Waals surface area contributed by atoms with E-state index in [1.165, 1.54) is 6.07 Å². The lowest BCUT2D eigenvalue weighted by Crippen LogP contribution is -2.32. The zero-order chi connectivity index (χ0) is 14.7. The average molecular weight is 370 g/mol. The second-order valence-electron chi connectivity index (χ2n) is 4.90. The van der Waals surface area contributed by atoms with Crippen molar-refractivity contribution in [3.63, 3.8) is 0 Å². The van der Waals surface area contributed by atoms with Crippen LogP contribution in [0.15, 0.2) is 16.6 Å². The van der Waals surface area contributed by atoms with Gasteiger partial charge in [0.15, 0.2) is 5.75 Å². The molecule has 2 rings (SSSR count). The highest BCUT2D eigenvalue weighted by Gasteiger charge is 2.21. The number of ether oxygens (including phenoxy) is 1. The van der Waals surface area contributed by atoms with Crippen molar-refractivity contribution in [1.29, 1.82) is 0 Å². The lowest BCUT2D eigenvalue weighted by Gasteiger charge is -2.28. The standard InChI is InChI=1S/C13H16BrClF2N2O/c14-10-5-7(15)6-11(12(10)20-13(16)17)19-9-3-1-8(18)2-4-9/h5-6,8-9,13,19H,1-4,18H2. The summed E-state index contributed by atoms with van der Waals surface area (Å²) in [4.78, 5) is 0. The molecule has 112 valence electrons. The molecule has 0 amide bonds. The molecule has 0 atom stereocenters. The number of anilines is 1. The number of nitrogens with two attached hydrogens (primary N) is 1. The topological polar surface area (TPSA) is 47.3 Å².